The van der Waals surface area contributed by atoms with Crippen molar-refractivity contribution in [2.24, 2.45) is 11.3 Å². The van der Waals surface area contributed by atoms with Gasteiger partial charge in [-0.15, -0.1) is 0 Å². The summed E-state index contributed by atoms with van der Waals surface area (Å²) in [6.07, 6.45) is 5.23. The van der Waals surface area contributed by atoms with Crippen molar-refractivity contribution >= 4 is 5.97 Å². The Balaban J connectivity index is 2.04. The van der Waals surface area contributed by atoms with Crippen LogP contribution in [0.25, 0.3) is 0 Å². The fraction of sp³-hybridized carbons (Fsp3) is 0.938. The van der Waals surface area contributed by atoms with Crippen LogP contribution in [0.3, 0.4) is 0 Å². The topological polar surface area (TPSA) is 29.5 Å². The van der Waals surface area contributed by atoms with Crippen molar-refractivity contribution in [3.05, 3.63) is 0 Å². The van der Waals surface area contributed by atoms with E-state index in [1.807, 2.05) is 6.92 Å². The van der Waals surface area contributed by atoms with Crippen molar-refractivity contribution in [1.82, 2.24) is 4.90 Å². The van der Waals surface area contributed by atoms with Crippen molar-refractivity contribution in [2.45, 2.75) is 59.8 Å². The molecule has 1 atom stereocenters. The molecule has 3 heteroatoms. The maximum absolute atomic E-state index is 11.2. The average Bonchev–Trinajstić information content (AvgIpc) is 2.77. The van der Waals surface area contributed by atoms with Gasteiger partial charge in [-0.2, -0.15) is 0 Å². The van der Waals surface area contributed by atoms with Crippen LogP contribution in [-0.4, -0.2) is 37.1 Å². The van der Waals surface area contributed by atoms with Gasteiger partial charge in [-0.25, -0.2) is 0 Å². The first-order valence-corrected chi connectivity index (χ1v) is 7.81. The molecule has 0 aliphatic carbocycles. The molecule has 0 radical (unpaired) electrons. The molecule has 0 aromatic rings. The lowest BCUT2D eigenvalue weighted by Gasteiger charge is -2.27. The molecule has 1 saturated heterocycles. The van der Waals surface area contributed by atoms with Gasteiger partial charge in [0.15, 0.2) is 0 Å². The molecule has 0 saturated carbocycles. The Morgan fingerprint density at radius 3 is 2.58 bits per heavy atom. The first-order valence-electron chi connectivity index (χ1n) is 7.81. The van der Waals surface area contributed by atoms with Crippen LogP contribution in [0.2, 0.25) is 0 Å². The molecule has 0 N–H and O–H groups in total. The summed E-state index contributed by atoms with van der Waals surface area (Å²) >= 11 is 0. The number of esters is 1. The van der Waals surface area contributed by atoms with Gasteiger partial charge in [0, 0.05) is 13.0 Å². The van der Waals surface area contributed by atoms with E-state index in [-0.39, 0.29) is 5.97 Å². The van der Waals surface area contributed by atoms with E-state index in [1.54, 1.807) is 0 Å². The molecular weight excluding hydrogens is 238 g/mol. The zero-order valence-electron chi connectivity index (χ0n) is 13.2. The van der Waals surface area contributed by atoms with Crippen LogP contribution >= 0.6 is 0 Å². The molecule has 0 spiro atoms. The van der Waals surface area contributed by atoms with Crippen LogP contribution in [0.5, 0.6) is 0 Å². The summed E-state index contributed by atoms with van der Waals surface area (Å²) in [6.45, 7) is 13.1. The fourth-order valence-corrected chi connectivity index (χ4v) is 2.76. The van der Waals surface area contributed by atoms with Gasteiger partial charge < -0.3 is 9.64 Å². The van der Waals surface area contributed by atoms with Crippen molar-refractivity contribution in [3.8, 4) is 0 Å². The van der Waals surface area contributed by atoms with Gasteiger partial charge in [0.2, 0.25) is 0 Å². The zero-order chi connectivity index (χ0) is 14.3. The van der Waals surface area contributed by atoms with Crippen LogP contribution in [0.4, 0.5) is 0 Å². The summed E-state index contributed by atoms with van der Waals surface area (Å²) in [5, 5.41) is 0. The summed E-state index contributed by atoms with van der Waals surface area (Å²) in [4.78, 5) is 13.8. The van der Waals surface area contributed by atoms with E-state index in [9.17, 15) is 4.79 Å². The van der Waals surface area contributed by atoms with E-state index >= 15 is 0 Å². The molecule has 0 amide bonds. The van der Waals surface area contributed by atoms with E-state index in [1.165, 1.54) is 32.5 Å². The maximum atomic E-state index is 11.2. The molecule has 1 fully saturated rings. The van der Waals surface area contributed by atoms with Gasteiger partial charge in [-0.05, 0) is 50.6 Å². The van der Waals surface area contributed by atoms with Crippen LogP contribution in [-0.2, 0) is 9.53 Å². The molecule has 112 valence electrons. The maximum Gasteiger partial charge on any atom is 0.305 e. The quantitative estimate of drug-likeness (QED) is 0.523. The second-order valence-corrected chi connectivity index (χ2v) is 6.77. The zero-order valence-corrected chi connectivity index (χ0v) is 13.2. The smallest absolute Gasteiger partial charge is 0.305 e. The van der Waals surface area contributed by atoms with E-state index in [0.29, 0.717) is 18.4 Å². The predicted molar refractivity (Wildman–Crippen MR) is 79.1 cm³/mol. The lowest BCUT2D eigenvalue weighted by Crippen LogP contribution is -2.26. The van der Waals surface area contributed by atoms with Crippen LogP contribution in [0.1, 0.15) is 59.8 Å². The minimum atomic E-state index is -0.0449. The number of unbranched alkanes of at least 4 members (excludes halogenated alkanes) is 2. The van der Waals surface area contributed by atoms with Crippen molar-refractivity contribution < 1.29 is 9.53 Å². The highest BCUT2D eigenvalue weighted by Gasteiger charge is 2.31. The Morgan fingerprint density at radius 2 is 2.00 bits per heavy atom. The average molecular weight is 269 g/mol. The van der Waals surface area contributed by atoms with Gasteiger partial charge in [-0.3, -0.25) is 4.79 Å². The summed E-state index contributed by atoms with van der Waals surface area (Å²) in [7, 11) is 0. The highest BCUT2D eigenvalue weighted by molar-refractivity contribution is 5.69. The van der Waals surface area contributed by atoms with Gasteiger partial charge >= 0.3 is 5.97 Å². The van der Waals surface area contributed by atoms with Gasteiger partial charge in [0.05, 0.1) is 6.61 Å². The van der Waals surface area contributed by atoms with E-state index in [0.717, 1.165) is 18.8 Å². The Kier molecular flexibility index (Phi) is 6.84. The van der Waals surface area contributed by atoms with E-state index < -0.39 is 0 Å². The standard InChI is InChI=1S/C16H31NO2/c1-5-19-15(18)9-7-6-8-11-17-12-10-14(13-17)16(2,3)4/h14H,5-13H2,1-4H3. The summed E-state index contributed by atoms with van der Waals surface area (Å²) in [6, 6.07) is 0. The molecular formula is C16H31NO2. The first kappa shape index (κ1) is 16.5. The second-order valence-electron chi connectivity index (χ2n) is 6.77. The van der Waals surface area contributed by atoms with Crippen LogP contribution in [0, 0.1) is 11.3 Å². The highest BCUT2D eigenvalue weighted by Crippen LogP contribution is 2.33. The Morgan fingerprint density at radius 1 is 1.26 bits per heavy atom. The Hall–Kier alpha value is -0.570. The number of rotatable bonds is 7. The number of hydrogen-bond acceptors (Lipinski definition) is 3. The molecule has 1 heterocycles. The molecule has 19 heavy (non-hydrogen) atoms. The van der Waals surface area contributed by atoms with Gasteiger partial charge in [0.25, 0.3) is 0 Å². The number of carbonyl (C=O) groups excluding carboxylic acids is 1. The van der Waals surface area contributed by atoms with Crippen LogP contribution < -0.4 is 0 Å². The molecule has 1 aliphatic rings. The molecule has 0 aromatic carbocycles. The first-order chi connectivity index (χ1) is 8.93. The van der Waals surface area contributed by atoms with E-state index in [2.05, 4.69) is 25.7 Å². The number of nitrogens with zero attached hydrogens (tertiary/aromatic N) is 1. The summed E-state index contributed by atoms with van der Waals surface area (Å²) in [5.41, 5.74) is 0.443. The largest absolute Gasteiger partial charge is 0.466 e. The third-order valence-corrected chi connectivity index (χ3v) is 4.16. The predicted octanol–water partition coefficient (Wildman–Crippen LogP) is 3.48. The normalized spacial score (nSPS) is 20.7. The number of carbonyl (C=O) groups is 1. The molecule has 3 nitrogen and oxygen atoms in total. The highest BCUT2D eigenvalue weighted by atomic mass is 16.5. The van der Waals surface area contributed by atoms with Crippen molar-refractivity contribution in [2.75, 3.05) is 26.2 Å². The molecule has 0 aromatic heterocycles. The summed E-state index contributed by atoms with van der Waals surface area (Å²) in [5.74, 6) is 0.795. The molecule has 0 bridgehead atoms. The minimum Gasteiger partial charge on any atom is -0.466 e. The van der Waals surface area contributed by atoms with Crippen molar-refractivity contribution in [3.63, 3.8) is 0 Å². The van der Waals surface area contributed by atoms with Gasteiger partial charge in [-0.1, -0.05) is 27.2 Å². The van der Waals surface area contributed by atoms with E-state index in [4.69, 9.17) is 4.74 Å². The molecule has 1 aliphatic heterocycles. The molecule has 1 rings (SSSR count). The van der Waals surface area contributed by atoms with Crippen molar-refractivity contribution in [1.29, 1.82) is 0 Å². The Bertz CT molecular complexity index is 270. The lowest BCUT2D eigenvalue weighted by atomic mass is 9.80. The SMILES string of the molecule is CCOC(=O)CCCCCN1CCC(C(C)(C)C)C1. The second kappa shape index (κ2) is 7.88. The third-order valence-electron chi connectivity index (χ3n) is 4.16. The number of ether oxygens (including phenoxy) is 1. The lowest BCUT2D eigenvalue weighted by molar-refractivity contribution is -0.143. The third kappa shape index (κ3) is 6.42. The Labute approximate surface area is 118 Å². The number of hydrogen-bond donors (Lipinski definition) is 0. The summed E-state index contributed by atoms with van der Waals surface area (Å²) < 4.78 is 4.92. The molecule has 1 unspecified atom stereocenters. The monoisotopic (exact) mass is 269 g/mol. The van der Waals surface area contributed by atoms with Crippen LogP contribution in [0.15, 0.2) is 0 Å². The minimum absolute atomic E-state index is 0.0449. The van der Waals surface area contributed by atoms with Gasteiger partial charge in [0.1, 0.15) is 0 Å². The fourth-order valence-electron chi connectivity index (χ4n) is 2.76. The number of likely N-dealkylation sites (tertiary alicyclic amines) is 1.